The van der Waals surface area contributed by atoms with Gasteiger partial charge in [-0.3, -0.25) is 4.98 Å². The summed E-state index contributed by atoms with van der Waals surface area (Å²) in [6, 6.07) is 19.5. The molecule has 1 heterocycles. The van der Waals surface area contributed by atoms with Gasteiger partial charge in [-0.2, -0.15) is 0 Å². The van der Waals surface area contributed by atoms with Gasteiger partial charge in [-0.05, 0) is 36.1 Å². The molecule has 1 saturated carbocycles. The summed E-state index contributed by atoms with van der Waals surface area (Å²) in [6.07, 6.45) is 4.01. The van der Waals surface area contributed by atoms with Crippen LogP contribution < -0.4 is 0 Å². The van der Waals surface area contributed by atoms with Gasteiger partial charge >= 0.3 is 0 Å². The Kier molecular flexibility index (Phi) is 2.29. The number of pyridine rings is 1. The topological polar surface area (TPSA) is 12.9 Å². The van der Waals surface area contributed by atoms with Crippen molar-refractivity contribution in [1.29, 1.82) is 0 Å². The fourth-order valence-electron chi connectivity index (χ4n) is 4.35. The first-order chi connectivity index (χ1) is 10.4. The monoisotopic (exact) mass is 271 g/mol. The Morgan fingerprint density at radius 3 is 2.33 bits per heavy atom. The molecule has 0 saturated heterocycles. The van der Waals surface area contributed by atoms with Crippen molar-refractivity contribution in [1.82, 2.24) is 4.98 Å². The smallest absolute Gasteiger partial charge is 0.0783 e. The zero-order valence-electron chi connectivity index (χ0n) is 11.9. The Balaban J connectivity index is 1.88. The van der Waals surface area contributed by atoms with Gasteiger partial charge in [-0.25, -0.2) is 0 Å². The van der Waals surface area contributed by atoms with Crippen molar-refractivity contribution >= 4 is 10.8 Å². The van der Waals surface area contributed by atoms with Gasteiger partial charge in [-0.15, -0.1) is 0 Å². The van der Waals surface area contributed by atoms with Crippen molar-refractivity contribution in [3.05, 3.63) is 65.9 Å². The third kappa shape index (κ3) is 1.55. The second-order valence-electron chi connectivity index (χ2n) is 6.38. The summed E-state index contributed by atoms with van der Waals surface area (Å²) in [4.78, 5) is 5.13. The van der Waals surface area contributed by atoms with Crippen LogP contribution in [0.15, 0.2) is 54.6 Å². The van der Waals surface area contributed by atoms with Crippen LogP contribution in [0, 0.1) is 0 Å². The zero-order valence-corrected chi connectivity index (χ0v) is 11.9. The molecule has 2 unspecified atom stereocenters. The standard InChI is InChI=1S/C20H17N/c1-2-6-13(7-3-1)19-17-9-5-4-8-16(17)18-14-10-11-15(12-14)20(18)21-19/h1-9,14-15H,10-12H2. The number of hydrogen-bond acceptors (Lipinski definition) is 1. The zero-order chi connectivity index (χ0) is 13.8. The quantitative estimate of drug-likeness (QED) is 0.587. The Hall–Kier alpha value is -2.15. The van der Waals surface area contributed by atoms with E-state index in [2.05, 4.69) is 54.6 Å². The van der Waals surface area contributed by atoms with Crippen molar-refractivity contribution in [3.8, 4) is 11.3 Å². The molecule has 1 nitrogen and oxygen atoms in total. The predicted molar refractivity (Wildman–Crippen MR) is 86.5 cm³/mol. The van der Waals surface area contributed by atoms with Crippen LogP contribution in [0.25, 0.3) is 22.0 Å². The molecule has 0 aliphatic heterocycles. The molecule has 2 aliphatic rings. The van der Waals surface area contributed by atoms with Crippen LogP contribution in [-0.4, -0.2) is 4.98 Å². The van der Waals surface area contributed by atoms with Crippen molar-refractivity contribution in [2.75, 3.05) is 0 Å². The third-order valence-corrected chi connectivity index (χ3v) is 5.26. The van der Waals surface area contributed by atoms with Crippen LogP contribution in [0.3, 0.4) is 0 Å². The summed E-state index contributed by atoms with van der Waals surface area (Å²) in [5.41, 5.74) is 5.35. The highest BCUT2D eigenvalue weighted by Gasteiger charge is 2.39. The summed E-state index contributed by atoms with van der Waals surface area (Å²) >= 11 is 0. The first-order valence-electron chi connectivity index (χ1n) is 7.90. The molecule has 3 aromatic rings. The molecule has 0 amide bonds. The number of rotatable bonds is 1. The van der Waals surface area contributed by atoms with E-state index in [1.54, 1.807) is 5.56 Å². The van der Waals surface area contributed by atoms with Gasteiger partial charge in [0.15, 0.2) is 0 Å². The van der Waals surface area contributed by atoms with Gasteiger partial charge in [0.05, 0.1) is 5.69 Å². The van der Waals surface area contributed by atoms with Gasteiger partial charge < -0.3 is 0 Å². The van der Waals surface area contributed by atoms with E-state index in [1.807, 2.05) is 0 Å². The van der Waals surface area contributed by atoms with Crippen LogP contribution in [0.4, 0.5) is 0 Å². The third-order valence-electron chi connectivity index (χ3n) is 5.26. The van der Waals surface area contributed by atoms with Crippen molar-refractivity contribution in [3.63, 3.8) is 0 Å². The summed E-state index contributed by atoms with van der Waals surface area (Å²) < 4.78 is 0. The highest BCUT2D eigenvalue weighted by atomic mass is 14.8. The SMILES string of the molecule is c1ccc(-c2nc3c(c4ccccc24)C2CCC3C2)cc1. The number of hydrogen-bond donors (Lipinski definition) is 0. The minimum absolute atomic E-state index is 0.706. The largest absolute Gasteiger partial charge is 0.252 e. The molecule has 2 bridgehead atoms. The first-order valence-corrected chi connectivity index (χ1v) is 7.90. The number of nitrogens with zero attached hydrogens (tertiary/aromatic N) is 1. The van der Waals surface area contributed by atoms with Crippen LogP contribution in [0.1, 0.15) is 42.4 Å². The molecule has 2 aromatic carbocycles. The Labute approximate surface area is 124 Å². The number of fused-ring (bicyclic) bond motifs is 7. The highest BCUT2D eigenvalue weighted by molar-refractivity contribution is 5.97. The Morgan fingerprint density at radius 1 is 0.762 bits per heavy atom. The van der Waals surface area contributed by atoms with E-state index in [1.165, 1.54) is 41.3 Å². The fraction of sp³-hybridized carbons (Fsp3) is 0.250. The van der Waals surface area contributed by atoms with Crippen molar-refractivity contribution < 1.29 is 0 Å². The average Bonchev–Trinajstić information content (AvgIpc) is 3.17. The van der Waals surface area contributed by atoms with E-state index in [9.17, 15) is 0 Å². The molecular formula is C20H17N. The van der Waals surface area contributed by atoms with E-state index >= 15 is 0 Å². The van der Waals surface area contributed by atoms with Crippen molar-refractivity contribution in [2.24, 2.45) is 0 Å². The lowest BCUT2D eigenvalue weighted by molar-refractivity contribution is 0.702. The molecular weight excluding hydrogens is 254 g/mol. The van der Waals surface area contributed by atoms with Crippen molar-refractivity contribution in [2.45, 2.75) is 31.1 Å². The molecule has 5 rings (SSSR count). The predicted octanol–water partition coefficient (Wildman–Crippen LogP) is 5.27. The molecule has 102 valence electrons. The molecule has 0 N–H and O–H groups in total. The molecule has 1 fully saturated rings. The molecule has 2 aliphatic carbocycles. The van der Waals surface area contributed by atoms with Crippen LogP contribution >= 0.6 is 0 Å². The lowest BCUT2D eigenvalue weighted by Gasteiger charge is -2.19. The highest BCUT2D eigenvalue weighted by Crippen LogP contribution is 2.55. The van der Waals surface area contributed by atoms with Gasteiger partial charge in [0.1, 0.15) is 0 Å². The van der Waals surface area contributed by atoms with Gasteiger partial charge in [0.2, 0.25) is 0 Å². The molecule has 0 spiro atoms. The Bertz CT molecular complexity index is 835. The summed E-state index contributed by atoms with van der Waals surface area (Å²) in [7, 11) is 0. The lowest BCUT2D eigenvalue weighted by Crippen LogP contribution is -2.03. The van der Waals surface area contributed by atoms with Crippen LogP contribution in [0.2, 0.25) is 0 Å². The maximum Gasteiger partial charge on any atom is 0.0783 e. The number of aromatic nitrogens is 1. The minimum atomic E-state index is 0.706. The molecule has 0 radical (unpaired) electrons. The van der Waals surface area contributed by atoms with Gasteiger partial charge in [0.25, 0.3) is 0 Å². The van der Waals surface area contributed by atoms with E-state index in [0.29, 0.717) is 5.92 Å². The molecule has 2 atom stereocenters. The van der Waals surface area contributed by atoms with E-state index < -0.39 is 0 Å². The Morgan fingerprint density at radius 2 is 1.48 bits per heavy atom. The first kappa shape index (κ1) is 11.5. The second-order valence-corrected chi connectivity index (χ2v) is 6.38. The lowest BCUT2D eigenvalue weighted by atomic mass is 9.90. The maximum absolute atomic E-state index is 5.13. The van der Waals surface area contributed by atoms with Gasteiger partial charge in [0, 0.05) is 22.6 Å². The normalized spacial score (nSPS) is 22.7. The fourth-order valence-corrected chi connectivity index (χ4v) is 4.35. The second kappa shape index (κ2) is 4.17. The average molecular weight is 271 g/mol. The van der Waals surface area contributed by atoms with Crippen LogP contribution in [-0.2, 0) is 0 Å². The molecule has 1 aromatic heterocycles. The van der Waals surface area contributed by atoms with E-state index in [-0.39, 0.29) is 0 Å². The summed E-state index contributed by atoms with van der Waals surface area (Å²) in [5.74, 6) is 1.46. The minimum Gasteiger partial charge on any atom is -0.252 e. The van der Waals surface area contributed by atoms with Gasteiger partial charge in [-0.1, -0.05) is 54.6 Å². The van der Waals surface area contributed by atoms with E-state index in [4.69, 9.17) is 4.98 Å². The van der Waals surface area contributed by atoms with E-state index in [0.717, 1.165) is 11.6 Å². The summed E-state index contributed by atoms with van der Waals surface area (Å²) in [6.45, 7) is 0. The number of benzene rings is 2. The summed E-state index contributed by atoms with van der Waals surface area (Å²) in [5, 5.41) is 2.75. The molecule has 1 heteroatoms. The maximum atomic E-state index is 5.13. The van der Waals surface area contributed by atoms with Crippen LogP contribution in [0.5, 0.6) is 0 Å². The molecule has 21 heavy (non-hydrogen) atoms.